The van der Waals surface area contributed by atoms with Crippen molar-refractivity contribution in [3.63, 3.8) is 0 Å². The van der Waals surface area contributed by atoms with Gasteiger partial charge in [-0.25, -0.2) is 0 Å². The Morgan fingerprint density at radius 2 is 1.80 bits per heavy atom. The van der Waals surface area contributed by atoms with Crippen LogP contribution >= 0.6 is 0 Å². The highest BCUT2D eigenvalue weighted by molar-refractivity contribution is 5.71. The molecule has 3 nitrogen and oxygen atoms in total. The lowest BCUT2D eigenvalue weighted by Gasteiger charge is -2.32. The molecule has 0 radical (unpaired) electrons. The fourth-order valence-electron chi connectivity index (χ4n) is 2.54. The van der Waals surface area contributed by atoms with Gasteiger partial charge in [-0.3, -0.25) is 0 Å². The maximum absolute atomic E-state index is 5.74. The molecule has 1 aliphatic rings. The number of nitrogens with zero attached hydrogens (tertiary/aromatic N) is 1. The highest BCUT2D eigenvalue weighted by Gasteiger charge is 2.14. The van der Waals surface area contributed by atoms with E-state index in [4.69, 9.17) is 4.74 Å². The van der Waals surface area contributed by atoms with Crippen LogP contribution in [0.15, 0.2) is 54.6 Å². The van der Waals surface area contributed by atoms with E-state index in [2.05, 4.69) is 34.5 Å². The van der Waals surface area contributed by atoms with Crippen molar-refractivity contribution in [1.29, 1.82) is 0 Å². The van der Waals surface area contributed by atoms with Gasteiger partial charge < -0.3 is 15.0 Å². The molecule has 1 N–H and O–H groups in total. The Labute approximate surface area is 120 Å². The summed E-state index contributed by atoms with van der Waals surface area (Å²) in [7, 11) is 0. The van der Waals surface area contributed by atoms with Crippen molar-refractivity contribution >= 4 is 11.4 Å². The van der Waals surface area contributed by atoms with E-state index in [9.17, 15) is 0 Å². The second-order valence-electron chi connectivity index (χ2n) is 4.95. The van der Waals surface area contributed by atoms with Gasteiger partial charge in [-0.1, -0.05) is 30.3 Å². The van der Waals surface area contributed by atoms with E-state index in [1.54, 1.807) is 0 Å². The van der Waals surface area contributed by atoms with Gasteiger partial charge in [0.05, 0.1) is 18.0 Å². The number of para-hydroxylation sites is 3. The van der Waals surface area contributed by atoms with Crippen LogP contribution in [-0.2, 0) is 0 Å². The van der Waals surface area contributed by atoms with Crippen LogP contribution < -0.4 is 15.0 Å². The van der Waals surface area contributed by atoms with Gasteiger partial charge in [0.15, 0.2) is 0 Å². The first-order valence-corrected chi connectivity index (χ1v) is 7.19. The van der Waals surface area contributed by atoms with E-state index in [0.29, 0.717) is 0 Å². The zero-order chi connectivity index (χ0) is 13.6. The van der Waals surface area contributed by atoms with Crippen molar-refractivity contribution in [3.8, 4) is 5.75 Å². The summed E-state index contributed by atoms with van der Waals surface area (Å²) in [5, 5.41) is 3.44. The zero-order valence-electron chi connectivity index (χ0n) is 11.6. The molecule has 0 aromatic heterocycles. The molecule has 0 saturated heterocycles. The summed E-state index contributed by atoms with van der Waals surface area (Å²) in [5.74, 6) is 0.952. The summed E-state index contributed by atoms with van der Waals surface area (Å²) in [6, 6.07) is 18.5. The molecule has 0 aliphatic carbocycles. The van der Waals surface area contributed by atoms with Crippen LogP contribution in [0.2, 0.25) is 0 Å². The normalized spacial score (nSPS) is 13.5. The second kappa shape index (κ2) is 6.33. The van der Waals surface area contributed by atoms with Gasteiger partial charge in [0, 0.05) is 19.6 Å². The molecule has 0 fully saturated rings. The van der Waals surface area contributed by atoms with Crippen molar-refractivity contribution < 1.29 is 4.74 Å². The molecule has 104 valence electrons. The predicted octanol–water partition coefficient (Wildman–Crippen LogP) is 3.39. The quantitative estimate of drug-likeness (QED) is 0.841. The van der Waals surface area contributed by atoms with Gasteiger partial charge >= 0.3 is 0 Å². The Morgan fingerprint density at radius 3 is 2.70 bits per heavy atom. The maximum atomic E-state index is 5.74. The predicted molar refractivity (Wildman–Crippen MR) is 83.7 cm³/mol. The summed E-state index contributed by atoms with van der Waals surface area (Å²) < 4.78 is 5.74. The Bertz CT molecular complexity index is 542. The molecular formula is C17H20N2O. The highest BCUT2D eigenvalue weighted by atomic mass is 16.5. The largest absolute Gasteiger partial charge is 0.494 e. The minimum absolute atomic E-state index is 0.760. The van der Waals surface area contributed by atoms with E-state index in [0.717, 1.165) is 38.4 Å². The Hall–Kier alpha value is -2.16. The van der Waals surface area contributed by atoms with Crippen LogP contribution in [0.4, 0.5) is 11.4 Å². The number of hydrogen-bond donors (Lipinski definition) is 1. The third-order valence-electron chi connectivity index (χ3n) is 3.53. The van der Waals surface area contributed by atoms with Crippen molar-refractivity contribution in [1.82, 2.24) is 0 Å². The number of ether oxygens (including phenoxy) is 1. The van der Waals surface area contributed by atoms with Gasteiger partial charge in [-0.2, -0.15) is 0 Å². The molecule has 2 aromatic carbocycles. The molecule has 0 bridgehead atoms. The molecule has 0 atom stereocenters. The molecular weight excluding hydrogens is 248 g/mol. The summed E-state index contributed by atoms with van der Waals surface area (Å²) in [6.07, 6.45) is 1.03. The van der Waals surface area contributed by atoms with Crippen LogP contribution in [0.25, 0.3) is 0 Å². The molecule has 3 rings (SSSR count). The average molecular weight is 268 g/mol. The lowest BCUT2D eigenvalue weighted by molar-refractivity contribution is 0.312. The molecule has 0 unspecified atom stereocenters. The van der Waals surface area contributed by atoms with Crippen molar-refractivity contribution in [2.24, 2.45) is 0 Å². The lowest BCUT2D eigenvalue weighted by atomic mass is 10.2. The third kappa shape index (κ3) is 3.05. The SMILES string of the molecule is c1ccc(OCCCN2CCNc3ccccc32)cc1. The van der Waals surface area contributed by atoms with Crippen molar-refractivity contribution in [2.45, 2.75) is 6.42 Å². The van der Waals surface area contributed by atoms with Gasteiger partial charge in [0.2, 0.25) is 0 Å². The molecule has 0 amide bonds. The summed E-state index contributed by atoms with van der Waals surface area (Å²) in [6.45, 7) is 3.86. The zero-order valence-corrected chi connectivity index (χ0v) is 11.6. The maximum Gasteiger partial charge on any atom is 0.119 e. The van der Waals surface area contributed by atoms with Crippen LogP contribution in [0.5, 0.6) is 5.75 Å². The molecule has 0 saturated carbocycles. The number of anilines is 2. The molecule has 3 heteroatoms. The number of hydrogen-bond acceptors (Lipinski definition) is 3. The van der Waals surface area contributed by atoms with E-state index >= 15 is 0 Å². The van der Waals surface area contributed by atoms with E-state index in [-0.39, 0.29) is 0 Å². The number of benzene rings is 2. The van der Waals surface area contributed by atoms with Gasteiger partial charge in [0.25, 0.3) is 0 Å². The topological polar surface area (TPSA) is 24.5 Å². The Balaban J connectivity index is 1.50. The number of nitrogens with one attached hydrogen (secondary N) is 1. The fourth-order valence-corrected chi connectivity index (χ4v) is 2.54. The second-order valence-corrected chi connectivity index (χ2v) is 4.95. The van der Waals surface area contributed by atoms with Crippen LogP contribution in [0.3, 0.4) is 0 Å². The van der Waals surface area contributed by atoms with E-state index < -0.39 is 0 Å². The molecule has 2 aromatic rings. The molecule has 1 aliphatic heterocycles. The fraction of sp³-hybridized carbons (Fsp3) is 0.294. The van der Waals surface area contributed by atoms with E-state index in [1.807, 2.05) is 30.3 Å². The van der Waals surface area contributed by atoms with Gasteiger partial charge in [-0.05, 0) is 30.7 Å². The summed E-state index contributed by atoms with van der Waals surface area (Å²) >= 11 is 0. The summed E-state index contributed by atoms with van der Waals surface area (Å²) in [4.78, 5) is 2.43. The van der Waals surface area contributed by atoms with Gasteiger partial charge in [0.1, 0.15) is 5.75 Å². The minimum atomic E-state index is 0.760. The molecule has 0 spiro atoms. The van der Waals surface area contributed by atoms with Crippen LogP contribution in [-0.4, -0.2) is 26.2 Å². The Morgan fingerprint density at radius 1 is 1.00 bits per heavy atom. The highest BCUT2D eigenvalue weighted by Crippen LogP contribution is 2.28. The lowest BCUT2D eigenvalue weighted by Crippen LogP contribution is -2.35. The van der Waals surface area contributed by atoms with Crippen LogP contribution in [0, 0.1) is 0 Å². The van der Waals surface area contributed by atoms with Gasteiger partial charge in [-0.15, -0.1) is 0 Å². The third-order valence-corrected chi connectivity index (χ3v) is 3.53. The number of rotatable bonds is 5. The van der Waals surface area contributed by atoms with Crippen molar-refractivity contribution in [3.05, 3.63) is 54.6 Å². The summed E-state index contributed by atoms with van der Waals surface area (Å²) in [5.41, 5.74) is 2.54. The van der Waals surface area contributed by atoms with Crippen molar-refractivity contribution in [2.75, 3.05) is 36.5 Å². The standard InChI is InChI=1S/C17H20N2O/c1-2-7-15(8-3-1)20-14-6-12-19-13-11-18-16-9-4-5-10-17(16)19/h1-5,7-10,18H,6,11-14H2. The Kier molecular flexibility index (Phi) is 4.07. The molecule has 1 heterocycles. The smallest absolute Gasteiger partial charge is 0.119 e. The number of fused-ring (bicyclic) bond motifs is 1. The minimum Gasteiger partial charge on any atom is -0.494 e. The monoisotopic (exact) mass is 268 g/mol. The first kappa shape index (κ1) is 12.9. The first-order chi connectivity index (χ1) is 9.93. The average Bonchev–Trinajstić information content (AvgIpc) is 2.53. The first-order valence-electron chi connectivity index (χ1n) is 7.19. The van der Waals surface area contributed by atoms with Crippen LogP contribution in [0.1, 0.15) is 6.42 Å². The van der Waals surface area contributed by atoms with E-state index in [1.165, 1.54) is 11.4 Å². The molecule has 20 heavy (non-hydrogen) atoms.